The Hall–Kier alpha value is -1.85. The normalized spacial score (nSPS) is 10.0. The fourth-order valence-corrected chi connectivity index (χ4v) is 1.14. The van der Waals surface area contributed by atoms with Crippen molar-refractivity contribution in [3.63, 3.8) is 0 Å². The van der Waals surface area contributed by atoms with Gasteiger partial charge in [-0.3, -0.25) is 14.3 Å². The lowest BCUT2D eigenvalue weighted by atomic mass is 10.3. The van der Waals surface area contributed by atoms with E-state index in [4.69, 9.17) is 5.11 Å². The van der Waals surface area contributed by atoms with Crippen molar-refractivity contribution >= 4 is 11.9 Å². The minimum Gasteiger partial charge on any atom is -0.481 e. The molecule has 0 radical (unpaired) electrons. The van der Waals surface area contributed by atoms with Gasteiger partial charge in [0.2, 0.25) is 0 Å². The molecule has 1 amide bonds. The van der Waals surface area contributed by atoms with Crippen LogP contribution in [0.5, 0.6) is 0 Å². The SMILES string of the molecule is CN(CCC(=O)O)C(=O)c1ccnn1C. The van der Waals surface area contributed by atoms with E-state index in [9.17, 15) is 9.59 Å². The minimum atomic E-state index is -0.917. The molecule has 0 bridgehead atoms. The number of amides is 1. The first-order chi connectivity index (χ1) is 7.02. The molecule has 0 fully saturated rings. The van der Waals surface area contributed by atoms with E-state index in [0.29, 0.717) is 5.69 Å². The smallest absolute Gasteiger partial charge is 0.305 e. The van der Waals surface area contributed by atoms with E-state index in [1.165, 1.54) is 15.8 Å². The first kappa shape index (κ1) is 11.2. The van der Waals surface area contributed by atoms with Gasteiger partial charge in [0.15, 0.2) is 0 Å². The molecule has 1 aromatic heterocycles. The van der Waals surface area contributed by atoms with Crippen molar-refractivity contribution in [2.75, 3.05) is 13.6 Å². The van der Waals surface area contributed by atoms with Crippen molar-refractivity contribution in [2.45, 2.75) is 6.42 Å². The Morgan fingerprint density at radius 3 is 2.73 bits per heavy atom. The summed E-state index contributed by atoms with van der Waals surface area (Å²) in [6.07, 6.45) is 1.47. The summed E-state index contributed by atoms with van der Waals surface area (Å²) in [4.78, 5) is 23.4. The Labute approximate surface area is 87.1 Å². The topological polar surface area (TPSA) is 75.4 Å². The standard InChI is InChI=1S/C9H13N3O3/c1-11(6-4-8(13)14)9(15)7-3-5-10-12(7)2/h3,5H,4,6H2,1-2H3,(H,13,14). The van der Waals surface area contributed by atoms with Crippen LogP contribution >= 0.6 is 0 Å². The van der Waals surface area contributed by atoms with Crippen LogP contribution < -0.4 is 0 Å². The third-order valence-corrected chi connectivity index (χ3v) is 2.05. The number of aliphatic carboxylic acids is 1. The van der Waals surface area contributed by atoms with Crippen LogP contribution in [-0.4, -0.2) is 45.3 Å². The van der Waals surface area contributed by atoms with Crippen LogP contribution in [0.2, 0.25) is 0 Å². The number of hydrogen-bond acceptors (Lipinski definition) is 3. The third-order valence-electron chi connectivity index (χ3n) is 2.05. The van der Waals surface area contributed by atoms with E-state index in [0.717, 1.165) is 0 Å². The first-order valence-corrected chi connectivity index (χ1v) is 4.47. The molecule has 6 heteroatoms. The monoisotopic (exact) mass is 211 g/mol. The van der Waals surface area contributed by atoms with E-state index in [1.807, 2.05) is 0 Å². The van der Waals surface area contributed by atoms with Gasteiger partial charge in [0, 0.05) is 26.8 Å². The number of aromatic nitrogens is 2. The second-order valence-electron chi connectivity index (χ2n) is 3.21. The van der Waals surface area contributed by atoms with Crippen molar-refractivity contribution in [2.24, 2.45) is 7.05 Å². The van der Waals surface area contributed by atoms with Crippen LogP contribution in [0.3, 0.4) is 0 Å². The van der Waals surface area contributed by atoms with Gasteiger partial charge in [-0.15, -0.1) is 0 Å². The summed E-state index contributed by atoms with van der Waals surface area (Å²) in [5.74, 6) is -1.14. The van der Waals surface area contributed by atoms with Gasteiger partial charge in [-0.05, 0) is 6.07 Å². The summed E-state index contributed by atoms with van der Waals surface area (Å²) in [7, 11) is 3.23. The average Bonchev–Trinajstić information content (AvgIpc) is 2.59. The highest BCUT2D eigenvalue weighted by Crippen LogP contribution is 2.01. The molecule has 0 aliphatic rings. The van der Waals surface area contributed by atoms with Crippen molar-refractivity contribution in [1.82, 2.24) is 14.7 Å². The number of hydrogen-bond donors (Lipinski definition) is 1. The predicted molar refractivity (Wildman–Crippen MR) is 52.4 cm³/mol. The minimum absolute atomic E-state index is 0.0555. The third kappa shape index (κ3) is 2.80. The lowest BCUT2D eigenvalue weighted by molar-refractivity contribution is -0.137. The second-order valence-corrected chi connectivity index (χ2v) is 3.21. The quantitative estimate of drug-likeness (QED) is 0.758. The summed E-state index contributed by atoms with van der Waals surface area (Å²) in [5.41, 5.74) is 0.447. The molecule has 82 valence electrons. The average molecular weight is 211 g/mol. The van der Waals surface area contributed by atoms with Crippen LogP contribution in [0.1, 0.15) is 16.9 Å². The summed E-state index contributed by atoms with van der Waals surface area (Å²) >= 11 is 0. The number of carbonyl (C=O) groups is 2. The molecule has 6 nitrogen and oxygen atoms in total. The summed E-state index contributed by atoms with van der Waals surface area (Å²) in [6.45, 7) is 0.194. The predicted octanol–water partition coefficient (Wildman–Crippen LogP) is -0.0332. The van der Waals surface area contributed by atoms with Crippen molar-refractivity contribution in [3.05, 3.63) is 18.0 Å². The van der Waals surface area contributed by atoms with Crippen molar-refractivity contribution in [1.29, 1.82) is 0 Å². The van der Waals surface area contributed by atoms with Crippen molar-refractivity contribution in [3.8, 4) is 0 Å². The fraction of sp³-hybridized carbons (Fsp3) is 0.444. The van der Waals surface area contributed by atoms with Gasteiger partial charge in [-0.1, -0.05) is 0 Å². The Morgan fingerprint density at radius 2 is 2.27 bits per heavy atom. The molecule has 0 spiro atoms. The molecule has 1 N–H and O–H groups in total. The summed E-state index contributed by atoms with van der Waals surface area (Å²) in [6, 6.07) is 1.60. The van der Waals surface area contributed by atoms with E-state index in [1.54, 1.807) is 20.2 Å². The lowest BCUT2D eigenvalue weighted by Gasteiger charge is -2.15. The van der Waals surface area contributed by atoms with E-state index in [-0.39, 0.29) is 18.9 Å². The molecule has 0 saturated carbocycles. The highest BCUT2D eigenvalue weighted by Gasteiger charge is 2.15. The zero-order valence-corrected chi connectivity index (χ0v) is 8.67. The highest BCUT2D eigenvalue weighted by atomic mass is 16.4. The van der Waals surface area contributed by atoms with Crippen LogP contribution in [0.4, 0.5) is 0 Å². The number of aryl methyl sites for hydroxylation is 1. The van der Waals surface area contributed by atoms with Crippen molar-refractivity contribution < 1.29 is 14.7 Å². The molecular formula is C9H13N3O3. The lowest BCUT2D eigenvalue weighted by Crippen LogP contribution is -2.30. The van der Waals surface area contributed by atoms with Gasteiger partial charge < -0.3 is 10.0 Å². The van der Waals surface area contributed by atoms with Gasteiger partial charge in [0.25, 0.3) is 5.91 Å². The van der Waals surface area contributed by atoms with Crippen LogP contribution in [-0.2, 0) is 11.8 Å². The number of rotatable bonds is 4. The Morgan fingerprint density at radius 1 is 1.60 bits per heavy atom. The van der Waals surface area contributed by atoms with Gasteiger partial charge in [-0.25, -0.2) is 0 Å². The van der Waals surface area contributed by atoms with Crippen LogP contribution in [0, 0.1) is 0 Å². The molecule has 1 aromatic rings. The first-order valence-electron chi connectivity index (χ1n) is 4.47. The second kappa shape index (κ2) is 4.59. The molecule has 1 rings (SSSR count). The maximum absolute atomic E-state index is 11.7. The van der Waals surface area contributed by atoms with Crippen LogP contribution in [0.15, 0.2) is 12.3 Å². The molecule has 0 unspecified atom stereocenters. The highest BCUT2D eigenvalue weighted by molar-refractivity contribution is 5.92. The molecule has 15 heavy (non-hydrogen) atoms. The van der Waals surface area contributed by atoms with Crippen LogP contribution in [0.25, 0.3) is 0 Å². The molecule has 0 atom stereocenters. The zero-order valence-electron chi connectivity index (χ0n) is 8.67. The Bertz CT molecular complexity index is 372. The number of carbonyl (C=O) groups excluding carboxylic acids is 1. The Balaban J connectivity index is 2.61. The van der Waals surface area contributed by atoms with E-state index >= 15 is 0 Å². The molecular weight excluding hydrogens is 198 g/mol. The van der Waals surface area contributed by atoms with Gasteiger partial charge in [0.1, 0.15) is 5.69 Å². The molecule has 0 aliphatic heterocycles. The maximum Gasteiger partial charge on any atom is 0.305 e. The number of carboxylic acid groups (broad SMARTS) is 1. The molecule has 0 aliphatic carbocycles. The Kier molecular flexibility index (Phi) is 3.43. The summed E-state index contributed by atoms with van der Waals surface area (Å²) < 4.78 is 1.46. The van der Waals surface area contributed by atoms with Gasteiger partial charge in [-0.2, -0.15) is 5.10 Å². The molecule has 1 heterocycles. The summed E-state index contributed by atoms with van der Waals surface area (Å²) in [5, 5.41) is 12.3. The largest absolute Gasteiger partial charge is 0.481 e. The number of carboxylic acids is 1. The fourth-order valence-electron chi connectivity index (χ4n) is 1.14. The molecule has 0 aromatic carbocycles. The zero-order chi connectivity index (χ0) is 11.4. The van der Waals surface area contributed by atoms with Gasteiger partial charge in [0.05, 0.1) is 6.42 Å². The van der Waals surface area contributed by atoms with E-state index in [2.05, 4.69) is 5.10 Å². The maximum atomic E-state index is 11.7. The number of nitrogens with zero attached hydrogens (tertiary/aromatic N) is 3. The van der Waals surface area contributed by atoms with E-state index < -0.39 is 5.97 Å². The molecule has 0 saturated heterocycles. The van der Waals surface area contributed by atoms with Gasteiger partial charge >= 0.3 is 5.97 Å².